The van der Waals surface area contributed by atoms with E-state index in [2.05, 4.69) is 9.97 Å². The molecule has 0 amide bonds. The van der Waals surface area contributed by atoms with Crippen molar-refractivity contribution in [2.75, 3.05) is 0 Å². The van der Waals surface area contributed by atoms with Crippen LogP contribution < -0.4 is 5.56 Å². The minimum Gasteiger partial charge on any atom is -0.378 e. The topological polar surface area (TPSA) is 68.0 Å². The van der Waals surface area contributed by atoms with Crippen molar-refractivity contribution in [2.45, 2.75) is 11.6 Å². The van der Waals surface area contributed by atoms with Crippen LogP contribution in [0.4, 0.5) is 0 Å². The molecule has 5 heteroatoms. The van der Waals surface area contributed by atoms with Crippen LogP contribution in [0, 0.1) is 0 Å². The first-order valence-electron chi connectivity index (χ1n) is 8.97. The highest BCUT2D eigenvalue weighted by Gasteiger charge is 2.43. The van der Waals surface area contributed by atoms with Gasteiger partial charge in [-0.25, -0.2) is 0 Å². The number of pyridine rings is 3. The lowest BCUT2D eigenvalue weighted by molar-refractivity contribution is 0.0363. The maximum Gasteiger partial charge on any atom is 0.251 e. The van der Waals surface area contributed by atoms with E-state index < -0.39 is 11.6 Å². The van der Waals surface area contributed by atoms with Crippen LogP contribution in [0.15, 0.2) is 109 Å². The largest absolute Gasteiger partial charge is 0.378 e. The molecule has 0 saturated carbocycles. The summed E-state index contributed by atoms with van der Waals surface area (Å²) >= 11 is 0. The Hall–Kier alpha value is -3.57. The molecular formula is C23H19N3O2. The third kappa shape index (κ3) is 3.12. The summed E-state index contributed by atoms with van der Waals surface area (Å²) in [6.45, 7) is 0. The van der Waals surface area contributed by atoms with E-state index in [4.69, 9.17) is 0 Å². The van der Waals surface area contributed by atoms with Gasteiger partial charge in [0.1, 0.15) is 5.60 Å². The Kier molecular flexibility index (Phi) is 4.83. The highest BCUT2D eigenvalue weighted by Crippen LogP contribution is 2.42. The van der Waals surface area contributed by atoms with Crippen molar-refractivity contribution in [3.05, 3.63) is 131 Å². The third-order valence-electron chi connectivity index (χ3n) is 4.84. The number of nitrogens with zero attached hydrogens (tertiary/aromatic N) is 3. The lowest BCUT2D eigenvalue weighted by atomic mass is 9.78. The lowest BCUT2D eigenvalue weighted by Gasteiger charge is -2.38. The van der Waals surface area contributed by atoms with Crippen molar-refractivity contribution in [3.8, 4) is 0 Å². The molecule has 5 nitrogen and oxygen atoms in total. The summed E-state index contributed by atoms with van der Waals surface area (Å²) in [6.07, 6.45) is 8.24. The zero-order chi connectivity index (χ0) is 19.4. The summed E-state index contributed by atoms with van der Waals surface area (Å²) in [5.41, 5.74) is 0.184. The normalized spacial score (nSPS) is 12.5. The van der Waals surface area contributed by atoms with E-state index in [9.17, 15) is 9.90 Å². The van der Waals surface area contributed by atoms with Crippen LogP contribution in [0.1, 0.15) is 22.7 Å². The molecule has 138 valence electrons. The van der Waals surface area contributed by atoms with Gasteiger partial charge in [-0.2, -0.15) is 0 Å². The predicted molar refractivity (Wildman–Crippen MR) is 107 cm³/mol. The standard InChI is InChI=1S/C23H19N3O2/c27-21-12-4-5-15-26(21)22(18-8-2-1-3-9-18)23(28,19-10-6-13-24-16-19)20-11-7-14-25-17-20/h1-17,22,28H. The minimum atomic E-state index is -1.56. The number of aromatic nitrogens is 3. The molecule has 0 aliphatic rings. The van der Waals surface area contributed by atoms with Crippen LogP contribution in [0.3, 0.4) is 0 Å². The maximum absolute atomic E-state index is 12.8. The Balaban J connectivity index is 2.06. The molecule has 0 aliphatic carbocycles. The zero-order valence-electron chi connectivity index (χ0n) is 15.1. The minimum absolute atomic E-state index is 0.206. The number of aliphatic hydroxyl groups is 1. The first-order valence-corrected chi connectivity index (χ1v) is 8.97. The van der Waals surface area contributed by atoms with Crippen LogP contribution in [0.5, 0.6) is 0 Å². The highest BCUT2D eigenvalue weighted by molar-refractivity contribution is 5.40. The van der Waals surface area contributed by atoms with Crippen LogP contribution in [-0.2, 0) is 5.60 Å². The first-order chi connectivity index (χ1) is 13.7. The van der Waals surface area contributed by atoms with Gasteiger partial charge in [0.25, 0.3) is 5.56 Å². The molecule has 0 aliphatic heterocycles. The van der Waals surface area contributed by atoms with Gasteiger partial charge in [0.05, 0.1) is 6.04 Å². The summed E-state index contributed by atoms with van der Waals surface area (Å²) in [7, 11) is 0. The second kappa shape index (κ2) is 7.58. The van der Waals surface area contributed by atoms with E-state index in [0.717, 1.165) is 5.56 Å². The van der Waals surface area contributed by atoms with Crippen molar-refractivity contribution in [1.82, 2.24) is 14.5 Å². The molecule has 0 spiro atoms. The molecule has 1 atom stereocenters. The summed E-state index contributed by atoms with van der Waals surface area (Å²) < 4.78 is 1.55. The monoisotopic (exact) mass is 369 g/mol. The van der Waals surface area contributed by atoms with Crippen molar-refractivity contribution in [2.24, 2.45) is 0 Å². The van der Waals surface area contributed by atoms with Gasteiger partial charge in [0.15, 0.2) is 0 Å². The Labute approximate surface area is 162 Å². The Morgan fingerprint density at radius 3 is 1.93 bits per heavy atom. The Morgan fingerprint density at radius 2 is 1.39 bits per heavy atom. The van der Waals surface area contributed by atoms with Gasteiger partial charge in [-0.15, -0.1) is 0 Å². The molecule has 1 unspecified atom stereocenters. The van der Waals surface area contributed by atoms with E-state index >= 15 is 0 Å². The second-order valence-corrected chi connectivity index (χ2v) is 6.51. The molecule has 3 heterocycles. The van der Waals surface area contributed by atoms with Gasteiger partial charge < -0.3 is 9.67 Å². The summed E-state index contributed by atoms with van der Waals surface area (Å²) in [5.74, 6) is 0. The molecule has 0 fully saturated rings. The Morgan fingerprint density at radius 1 is 0.786 bits per heavy atom. The van der Waals surface area contributed by atoms with E-state index in [0.29, 0.717) is 11.1 Å². The number of hydrogen-bond donors (Lipinski definition) is 1. The van der Waals surface area contributed by atoms with Crippen LogP contribution in [-0.4, -0.2) is 19.6 Å². The van der Waals surface area contributed by atoms with Gasteiger partial charge in [0.2, 0.25) is 0 Å². The van der Waals surface area contributed by atoms with Crippen molar-refractivity contribution >= 4 is 0 Å². The first kappa shape index (κ1) is 17.8. The van der Waals surface area contributed by atoms with Gasteiger partial charge in [-0.05, 0) is 23.8 Å². The summed E-state index contributed by atoms with van der Waals surface area (Å²) in [5, 5.41) is 12.2. The molecule has 0 bridgehead atoms. The highest BCUT2D eigenvalue weighted by atomic mass is 16.3. The van der Waals surface area contributed by atoms with E-state index in [1.165, 1.54) is 6.07 Å². The van der Waals surface area contributed by atoms with E-state index in [-0.39, 0.29) is 5.56 Å². The second-order valence-electron chi connectivity index (χ2n) is 6.51. The van der Waals surface area contributed by atoms with Gasteiger partial charge >= 0.3 is 0 Å². The SMILES string of the molecule is O=c1ccccn1C(c1ccccc1)C(O)(c1cccnc1)c1cccnc1. The van der Waals surface area contributed by atoms with Crippen molar-refractivity contribution < 1.29 is 5.11 Å². The smallest absolute Gasteiger partial charge is 0.251 e. The summed E-state index contributed by atoms with van der Waals surface area (Å²) in [6, 6.07) is 20.9. The van der Waals surface area contributed by atoms with Crippen LogP contribution in [0.2, 0.25) is 0 Å². The number of hydrogen-bond acceptors (Lipinski definition) is 4. The van der Waals surface area contributed by atoms with Crippen molar-refractivity contribution in [3.63, 3.8) is 0 Å². The van der Waals surface area contributed by atoms with Crippen LogP contribution >= 0.6 is 0 Å². The fourth-order valence-electron chi connectivity index (χ4n) is 3.55. The quantitative estimate of drug-likeness (QED) is 0.587. The molecule has 1 N–H and O–H groups in total. The molecule has 0 radical (unpaired) electrons. The zero-order valence-corrected chi connectivity index (χ0v) is 15.1. The molecule has 1 aromatic carbocycles. The average molecular weight is 369 g/mol. The lowest BCUT2D eigenvalue weighted by Crippen LogP contribution is -2.42. The van der Waals surface area contributed by atoms with E-state index in [1.807, 2.05) is 42.5 Å². The molecule has 3 aromatic heterocycles. The van der Waals surface area contributed by atoms with Gasteiger partial charge in [0, 0.05) is 48.2 Å². The predicted octanol–water partition coefficient (Wildman–Crippen LogP) is 3.16. The number of rotatable bonds is 5. The number of benzene rings is 1. The maximum atomic E-state index is 12.8. The third-order valence-corrected chi connectivity index (χ3v) is 4.84. The van der Waals surface area contributed by atoms with Gasteiger partial charge in [-0.3, -0.25) is 14.8 Å². The van der Waals surface area contributed by atoms with E-state index in [1.54, 1.807) is 59.8 Å². The van der Waals surface area contributed by atoms with Crippen LogP contribution in [0.25, 0.3) is 0 Å². The average Bonchev–Trinajstić information content (AvgIpc) is 2.77. The van der Waals surface area contributed by atoms with Crippen molar-refractivity contribution in [1.29, 1.82) is 0 Å². The molecular weight excluding hydrogens is 350 g/mol. The molecule has 4 aromatic rings. The molecule has 28 heavy (non-hydrogen) atoms. The van der Waals surface area contributed by atoms with Gasteiger partial charge in [-0.1, -0.05) is 48.5 Å². The summed E-state index contributed by atoms with van der Waals surface area (Å²) in [4.78, 5) is 21.2. The molecule has 4 rings (SSSR count). The Bertz CT molecular complexity index is 1060. The molecule has 0 saturated heterocycles. The fraction of sp³-hybridized carbons (Fsp3) is 0.0870. The fourth-order valence-corrected chi connectivity index (χ4v) is 3.55.